The summed E-state index contributed by atoms with van der Waals surface area (Å²) in [6, 6.07) is 6.68. The number of benzene rings is 1. The molecule has 98 valence electrons. The summed E-state index contributed by atoms with van der Waals surface area (Å²) in [5.74, 6) is -0.480. The fraction of sp³-hybridized carbons (Fsp3) is 0.385. The smallest absolute Gasteiger partial charge is 0.251 e. The lowest BCUT2D eigenvalue weighted by Gasteiger charge is -2.12. The number of amides is 2. The third-order valence-corrected chi connectivity index (χ3v) is 2.61. The van der Waals surface area contributed by atoms with Gasteiger partial charge in [0, 0.05) is 12.6 Å². The Morgan fingerprint density at radius 2 is 2.11 bits per heavy atom. The molecular formula is C13H19N3O2. The lowest BCUT2D eigenvalue weighted by Crippen LogP contribution is -2.43. The number of nitrogens with two attached hydrogens (primary N) is 1. The molecule has 0 aromatic heterocycles. The van der Waals surface area contributed by atoms with Gasteiger partial charge in [-0.15, -0.1) is 0 Å². The quantitative estimate of drug-likeness (QED) is 0.689. The molecule has 0 bridgehead atoms. The molecule has 1 atom stereocenters. The molecule has 1 aromatic carbocycles. The molecule has 0 heterocycles. The van der Waals surface area contributed by atoms with E-state index in [1.165, 1.54) is 7.05 Å². The number of likely N-dealkylation sites (N-methyl/N-ethyl adjacent to an activating group) is 1. The van der Waals surface area contributed by atoms with Crippen LogP contribution >= 0.6 is 0 Å². The zero-order valence-corrected chi connectivity index (χ0v) is 10.7. The number of hydrogen-bond acceptors (Lipinski definition) is 3. The first-order valence-corrected chi connectivity index (χ1v) is 5.90. The van der Waals surface area contributed by atoms with Crippen LogP contribution in [0.1, 0.15) is 22.8 Å². The molecule has 0 aliphatic rings. The van der Waals surface area contributed by atoms with Gasteiger partial charge in [0.15, 0.2) is 0 Å². The Balaban J connectivity index is 2.72. The van der Waals surface area contributed by atoms with E-state index in [2.05, 4.69) is 10.6 Å². The number of hydrogen-bond donors (Lipinski definition) is 3. The van der Waals surface area contributed by atoms with Gasteiger partial charge in [-0.25, -0.2) is 0 Å². The van der Waals surface area contributed by atoms with Crippen molar-refractivity contribution in [3.63, 3.8) is 0 Å². The summed E-state index contributed by atoms with van der Waals surface area (Å²) < 4.78 is 0. The Morgan fingerprint density at radius 3 is 2.72 bits per heavy atom. The zero-order valence-electron chi connectivity index (χ0n) is 10.7. The lowest BCUT2D eigenvalue weighted by molar-refractivity contribution is -0.122. The van der Waals surface area contributed by atoms with Crippen LogP contribution in [0.5, 0.6) is 0 Å². The van der Waals surface area contributed by atoms with E-state index >= 15 is 0 Å². The van der Waals surface area contributed by atoms with Crippen molar-refractivity contribution < 1.29 is 9.59 Å². The van der Waals surface area contributed by atoms with Crippen molar-refractivity contribution >= 4 is 11.8 Å². The molecule has 0 fully saturated rings. The van der Waals surface area contributed by atoms with E-state index in [-0.39, 0.29) is 11.8 Å². The molecule has 1 aromatic rings. The maximum atomic E-state index is 11.9. The van der Waals surface area contributed by atoms with Gasteiger partial charge >= 0.3 is 0 Å². The lowest BCUT2D eigenvalue weighted by atomic mass is 10.1. The molecule has 1 unspecified atom stereocenters. The highest BCUT2D eigenvalue weighted by atomic mass is 16.2. The van der Waals surface area contributed by atoms with Crippen LogP contribution in [-0.2, 0) is 11.2 Å². The molecule has 0 aliphatic carbocycles. The molecule has 0 aliphatic heterocycles. The topological polar surface area (TPSA) is 84.2 Å². The van der Waals surface area contributed by atoms with Crippen LogP contribution in [0, 0.1) is 0 Å². The van der Waals surface area contributed by atoms with Gasteiger partial charge < -0.3 is 16.4 Å². The molecule has 0 spiro atoms. The van der Waals surface area contributed by atoms with Crippen LogP contribution in [0.3, 0.4) is 0 Å². The largest absolute Gasteiger partial charge is 0.357 e. The summed E-state index contributed by atoms with van der Waals surface area (Å²) in [4.78, 5) is 23.2. The van der Waals surface area contributed by atoms with Gasteiger partial charge in [-0.2, -0.15) is 0 Å². The summed E-state index contributed by atoms with van der Waals surface area (Å²) in [6.07, 6.45) is 0.728. The van der Waals surface area contributed by atoms with Crippen LogP contribution in [-0.4, -0.2) is 31.4 Å². The minimum Gasteiger partial charge on any atom is -0.357 e. The third kappa shape index (κ3) is 3.85. The van der Waals surface area contributed by atoms with Crippen LogP contribution < -0.4 is 16.4 Å². The number of rotatable bonds is 5. The van der Waals surface area contributed by atoms with Crippen molar-refractivity contribution in [3.05, 3.63) is 35.4 Å². The summed E-state index contributed by atoms with van der Waals surface area (Å²) >= 11 is 0. The van der Waals surface area contributed by atoms with E-state index in [4.69, 9.17) is 5.73 Å². The van der Waals surface area contributed by atoms with E-state index in [1.807, 2.05) is 12.1 Å². The number of carbonyl (C=O) groups excluding carboxylic acids is 2. The Morgan fingerprint density at radius 1 is 1.39 bits per heavy atom. The first-order chi connectivity index (χ1) is 8.58. The fourth-order valence-corrected chi connectivity index (χ4v) is 1.60. The molecule has 0 saturated carbocycles. The van der Waals surface area contributed by atoms with Crippen molar-refractivity contribution in [2.75, 3.05) is 13.6 Å². The van der Waals surface area contributed by atoms with Crippen LogP contribution in [0.25, 0.3) is 0 Å². The van der Waals surface area contributed by atoms with Gasteiger partial charge in [-0.1, -0.05) is 12.1 Å². The Kier molecular flexibility index (Phi) is 5.32. The summed E-state index contributed by atoms with van der Waals surface area (Å²) in [6.45, 7) is 2.18. The van der Waals surface area contributed by atoms with E-state index in [1.54, 1.807) is 19.1 Å². The van der Waals surface area contributed by atoms with Crippen molar-refractivity contribution in [3.8, 4) is 0 Å². The minimum absolute atomic E-state index is 0.221. The molecule has 5 nitrogen and oxygen atoms in total. The highest BCUT2D eigenvalue weighted by molar-refractivity contribution is 5.97. The first kappa shape index (κ1) is 14.2. The number of carbonyl (C=O) groups is 2. The van der Waals surface area contributed by atoms with E-state index in [9.17, 15) is 9.59 Å². The predicted octanol–water partition coefficient (Wildman–Crippen LogP) is 0.0521. The van der Waals surface area contributed by atoms with Crippen molar-refractivity contribution in [2.45, 2.75) is 19.4 Å². The Labute approximate surface area is 107 Å². The van der Waals surface area contributed by atoms with Gasteiger partial charge in [-0.05, 0) is 37.6 Å². The van der Waals surface area contributed by atoms with Crippen LogP contribution in [0.2, 0.25) is 0 Å². The Hall–Kier alpha value is -1.88. The maximum Gasteiger partial charge on any atom is 0.251 e. The molecule has 5 heteroatoms. The SMILES string of the molecule is CNC(=O)C(C)NC(=O)c1cccc(CCN)c1. The van der Waals surface area contributed by atoms with Gasteiger partial charge in [0.25, 0.3) is 5.91 Å². The molecule has 18 heavy (non-hydrogen) atoms. The average Bonchev–Trinajstić information content (AvgIpc) is 2.38. The highest BCUT2D eigenvalue weighted by Crippen LogP contribution is 2.06. The van der Waals surface area contributed by atoms with E-state index in [0.717, 1.165) is 12.0 Å². The van der Waals surface area contributed by atoms with Crippen molar-refractivity contribution in [2.24, 2.45) is 5.73 Å². The van der Waals surface area contributed by atoms with E-state index < -0.39 is 6.04 Å². The third-order valence-electron chi connectivity index (χ3n) is 2.61. The molecule has 2 amide bonds. The minimum atomic E-state index is -0.555. The van der Waals surface area contributed by atoms with Crippen molar-refractivity contribution in [1.29, 1.82) is 0 Å². The molecular weight excluding hydrogens is 230 g/mol. The zero-order chi connectivity index (χ0) is 13.5. The van der Waals surface area contributed by atoms with E-state index in [0.29, 0.717) is 12.1 Å². The summed E-state index contributed by atoms with van der Waals surface area (Å²) in [5, 5.41) is 5.12. The molecule has 0 saturated heterocycles. The second-order valence-corrected chi connectivity index (χ2v) is 4.05. The molecule has 4 N–H and O–H groups in total. The fourth-order valence-electron chi connectivity index (χ4n) is 1.60. The molecule has 0 radical (unpaired) electrons. The van der Waals surface area contributed by atoms with Gasteiger partial charge in [0.05, 0.1) is 0 Å². The second kappa shape index (κ2) is 6.76. The summed E-state index contributed by atoms with van der Waals surface area (Å²) in [5.41, 5.74) is 7.02. The second-order valence-electron chi connectivity index (χ2n) is 4.05. The summed E-state index contributed by atoms with van der Waals surface area (Å²) in [7, 11) is 1.53. The molecule has 1 rings (SSSR count). The first-order valence-electron chi connectivity index (χ1n) is 5.90. The van der Waals surface area contributed by atoms with Gasteiger partial charge in [0.1, 0.15) is 6.04 Å². The van der Waals surface area contributed by atoms with Crippen molar-refractivity contribution in [1.82, 2.24) is 10.6 Å². The Bertz CT molecular complexity index is 432. The number of nitrogens with one attached hydrogen (secondary N) is 2. The standard InChI is InChI=1S/C13H19N3O2/c1-9(12(17)15-2)16-13(18)11-5-3-4-10(8-11)6-7-14/h3-5,8-9H,6-7,14H2,1-2H3,(H,15,17)(H,16,18). The highest BCUT2D eigenvalue weighted by Gasteiger charge is 2.15. The predicted molar refractivity (Wildman–Crippen MR) is 70.2 cm³/mol. The maximum absolute atomic E-state index is 11.9. The average molecular weight is 249 g/mol. The monoisotopic (exact) mass is 249 g/mol. The van der Waals surface area contributed by atoms with Crippen LogP contribution in [0.15, 0.2) is 24.3 Å². The normalized spacial score (nSPS) is 11.7. The van der Waals surface area contributed by atoms with Gasteiger partial charge in [-0.3, -0.25) is 9.59 Å². The van der Waals surface area contributed by atoms with Gasteiger partial charge in [0.2, 0.25) is 5.91 Å². The van der Waals surface area contributed by atoms with Crippen LogP contribution in [0.4, 0.5) is 0 Å².